The van der Waals surface area contributed by atoms with Gasteiger partial charge in [0.15, 0.2) is 11.5 Å². The Kier molecular flexibility index (Phi) is 4.68. The molecule has 0 unspecified atom stereocenters. The number of carboxylic acid groups (broad SMARTS) is 1. The third-order valence-electron chi connectivity index (χ3n) is 3.25. The summed E-state index contributed by atoms with van der Waals surface area (Å²) in [6.07, 6.45) is 0. The van der Waals surface area contributed by atoms with E-state index in [0.29, 0.717) is 18.1 Å². The molecule has 2 N–H and O–H groups in total. The van der Waals surface area contributed by atoms with Crippen molar-refractivity contribution in [2.24, 2.45) is 0 Å². The Bertz CT molecular complexity index is 484. The van der Waals surface area contributed by atoms with Gasteiger partial charge in [-0.3, -0.25) is 0 Å². The number of hydrogen-bond donors (Lipinski definition) is 2. The zero-order valence-corrected chi connectivity index (χ0v) is 11.8. The molecule has 6 nitrogen and oxygen atoms in total. The molecule has 110 valence electrons. The molecule has 1 aromatic rings. The van der Waals surface area contributed by atoms with Crippen molar-refractivity contribution in [3.63, 3.8) is 0 Å². The van der Waals surface area contributed by atoms with Crippen LogP contribution < -0.4 is 19.7 Å². The van der Waals surface area contributed by atoms with Crippen LogP contribution in [0.4, 0.5) is 5.69 Å². The van der Waals surface area contributed by atoms with Crippen LogP contribution in [0.1, 0.15) is 17.3 Å². The van der Waals surface area contributed by atoms with Crippen molar-refractivity contribution in [3.05, 3.63) is 17.7 Å². The van der Waals surface area contributed by atoms with Gasteiger partial charge >= 0.3 is 5.97 Å². The van der Waals surface area contributed by atoms with Crippen molar-refractivity contribution in [1.82, 2.24) is 5.32 Å². The second-order valence-corrected chi connectivity index (χ2v) is 4.50. The number of piperazine rings is 1. The van der Waals surface area contributed by atoms with E-state index < -0.39 is 5.97 Å². The Morgan fingerprint density at radius 3 is 2.65 bits per heavy atom. The minimum absolute atomic E-state index is 0.207. The standard InChI is InChI=1S/C14H20N2O4/c1-3-20-13-11(16-6-4-15-5-7-16)8-10(14(17)18)9-12(13)19-2/h8-9,15H,3-7H2,1-2H3,(H,17,18). The number of nitrogens with one attached hydrogen (secondary N) is 1. The van der Waals surface area contributed by atoms with Crippen LogP contribution in [-0.2, 0) is 0 Å². The number of carboxylic acids is 1. The highest BCUT2D eigenvalue weighted by Gasteiger charge is 2.21. The first-order valence-corrected chi connectivity index (χ1v) is 6.71. The predicted octanol–water partition coefficient (Wildman–Crippen LogP) is 1.20. The molecule has 1 aliphatic heterocycles. The molecule has 0 aliphatic carbocycles. The van der Waals surface area contributed by atoms with Crippen LogP contribution in [0.15, 0.2) is 12.1 Å². The Balaban J connectivity index is 2.48. The maximum atomic E-state index is 11.2. The second-order valence-electron chi connectivity index (χ2n) is 4.50. The van der Waals surface area contributed by atoms with Crippen LogP contribution >= 0.6 is 0 Å². The van der Waals surface area contributed by atoms with Crippen molar-refractivity contribution in [2.75, 3.05) is 44.8 Å². The van der Waals surface area contributed by atoms with Gasteiger partial charge in [0.05, 0.1) is 25.0 Å². The number of aromatic carboxylic acids is 1. The summed E-state index contributed by atoms with van der Waals surface area (Å²) < 4.78 is 11.0. The van der Waals surface area contributed by atoms with Crippen LogP contribution in [-0.4, -0.2) is 51.0 Å². The minimum Gasteiger partial charge on any atom is -0.493 e. The van der Waals surface area contributed by atoms with Crippen molar-refractivity contribution in [1.29, 1.82) is 0 Å². The molecule has 0 spiro atoms. The maximum absolute atomic E-state index is 11.2. The fraction of sp³-hybridized carbons (Fsp3) is 0.500. The summed E-state index contributed by atoms with van der Waals surface area (Å²) in [7, 11) is 1.52. The quantitative estimate of drug-likeness (QED) is 0.844. The first kappa shape index (κ1) is 14.5. The first-order valence-electron chi connectivity index (χ1n) is 6.71. The van der Waals surface area contributed by atoms with Crippen LogP contribution in [0.5, 0.6) is 11.5 Å². The smallest absolute Gasteiger partial charge is 0.335 e. The highest BCUT2D eigenvalue weighted by atomic mass is 16.5. The third-order valence-corrected chi connectivity index (χ3v) is 3.25. The zero-order valence-electron chi connectivity index (χ0n) is 11.8. The molecule has 2 rings (SSSR count). The molecular weight excluding hydrogens is 260 g/mol. The van der Waals surface area contributed by atoms with E-state index in [0.717, 1.165) is 31.9 Å². The molecule has 0 aromatic heterocycles. The van der Waals surface area contributed by atoms with E-state index in [-0.39, 0.29) is 5.56 Å². The van der Waals surface area contributed by atoms with Gasteiger partial charge in [0, 0.05) is 26.2 Å². The summed E-state index contributed by atoms with van der Waals surface area (Å²) in [4.78, 5) is 13.4. The van der Waals surface area contributed by atoms with Gasteiger partial charge in [-0.1, -0.05) is 0 Å². The molecule has 0 bridgehead atoms. The van der Waals surface area contributed by atoms with Gasteiger partial charge in [0.2, 0.25) is 0 Å². The minimum atomic E-state index is -0.970. The monoisotopic (exact) mass is 280 g/mol. The van der Waals surface area contributed by atoms with E-state index in [4.69, 9.17) is 9.47 Å². The van der Waals surface area contributed by atoms with E-state index >= 15 is 0 Å². The lowest BCUT2D eigenvalue weighted by Gasteiger charge is -2.31. The van der Waals surface area contributed by atoms with Gasteiger partial charge in [-0.05, 0) is 19.1 Å². The molecule has 0 amide bonds. The molecule has 1 fully saturated rings. The van der Waals surface area contributed by atoms with Gasteiger partial charge in [-0.25, -0.2) is 4.79 Å². The van der Waals surface area contributed by atoms with Crippen molar-refractivity contribution >= 4 is 11.7 Å². The summed E-state index contributed by atoms with van der Waals surface area (Å²) in [6.45, 7) is 5.75. The lowest BCUT2D eigenvalue weighted by molar-refractivity contribution is 0.0696. The van der Waals surface area contributed by atoms with Gasteiger partial charge in [0.1, 0.15) is 0 Å². The molecule has 1 heterocycles. The van der Waals surface area contributed by atoms with E-state index in [1.54, 1.807) is 6.07 Å². The third kappa shape index (κ3) is 2.96. The highest BCUT2D eigenvalue weighted by Crippen LogP contribution is 2.39. The Labute approximate surface area is 118 Å². The predicted molar refractivity (Wildman–Crippen MR) is 76.2 cm³/mol. The topological polar surface area (TPSA) is 71.0 Å². The number of hydrogen-bond acceptors (Lipinski definition) is 5. The maximum Gasteiger partial charge on any atom is 0.335 e. The molecule has 20 heavy (non-hydrogen) atoms. The van der Waals surface area contributed by atoms with E-state index in [1.165, 1.54) is 13.2 Å². The van der Waals surface area contributed by atoms with Gasteiger partial charge in [0.25, 0.3) is 0 Å². The van der Waals surface area contributed by atoms with Crippen LogP contribution in [0.25, 0.3) is 0 Å². The van der Waals surface area contributed by atoms with E-state index in [2.05, 4.69) is 10.2 Å². The lowest BCUT2D eigenvalue weighted by atomic mass is 10.1. The molecule has 0 saturated carbocycles. The van der Waals surface area contributed by atoms with E-state index in [1.807, 2.05) is 6.92 Å². The lowest BCUT2D eigenvalue weighted by Crippen LogP contribution is -2.43. The average molecular weight is 280 g/mol. The summed E-state index contributed by atoms with van der Waals surface area (Å²) in [5.74, 6) is 0.102. The molecule has 0 radical (unpaired) electrons. The van der Waals surface area contributed by atoms with Gasteiger partial charge in [-0.15, -0.1) is 0 Å². The molecule has 0 atom stereocenters. The summed E-state index contributed by atoms with van der Waals surface area (Å²) in [6, 6.07) is 3.15. The Hall–Kier alpha value is -1.95. The molecule has 1 aromatic carbocycles. The van der Waals surface area contributed by atoms with Crippen molar-refractivity contribution in [2.45, 2.75) is 6.92 Å². The van der Waals surface area contributed by atoms with E-state index in [9.17, 15) is 9.90 Å². The zero-order chi connectivity index (χ0) is 14.5. The molecule has 6 heteroatoms. The van der Waals surface area contributed by atoms with Crippen LogP contribution in [0.2, 0.25) is 0 Å². The van der Waals surface area contributed by atoms with Gasteiger partial charge in [-0.2, -0.15) is 0 Å². The Morgan fingerprint density at radius 1 is 1.40 bits per heavy atom. The van der Waals surface area contributed by atoms with Gasteiger partial charge < -0.3 is 24.8 Å². The number of carbonyl (C=O) groups is 1. The summed E-state index contributed by atoms with van der Waals surface area (Å²) >= 11 is 0. The van der Waals surface area contributed by atoms with Crippen LogP contribution in [0, 0.1) is 0 Å². The molecule has 1 aliphatic rings. The number of ether oxygens (including phenoxy) is 2. The first-order chi connectivity index (χ1) is 9.67. The average Bonchev–Trinajstić information content (AvgIpc) is 2.48. The number of anilines is 1. The summed E-state index contributed by atoms with van der Waals surface area (Å²) in [5.41, 5.74) is 0.990. The Morgan fingerprint density at radius 2 is 2.10 bits per heavy atom. The van der Waals surface area contributed by atoms with Crippen LogP contribution in [0.3, 0.4) is 0 Å². The van der Waals surface area contributed by atoms with Crippen molar-refractivity contribution in [3.8, 4) is 11.5 Å². The number of nitrogens with zero attached hydrogens (tertiary/aromatic N) is 1. The fourth-order valence-corrected chi connectivity index (χ4v) is 2.29. The number of rotatable bonds is 5. The normalized spacial score (nSPS) is 15.0. The number of benzene rings is 1. The fourth-order valence-electron chi connectivity index (χ4n) is 2.29. The van der Waals surface area contributed by atoms with Crippen molar-refractivity contribution < 1.29 is 19.4 Å². The summed E-state index contributed by atoms with van der Waals surface area (Å²) in [5, 5.41) is 12.5. The number of methoxy groups -OCH3 is 1. The molecular formula is C14H20N2O4. The second kappa shape index (κ2) is 6.47. The largest absolute Gasteiger partial charge is 0.493 e. The highest BCUT2D eigenvalue weighted by molar-refractivity contribution is 5.91. The molecule has 1 saturated heterocycles. The SMILES string of the molecule is CCOc1c(OC)cc(C(=O)O)cc1N1CCNCC1.